The maximum absolute atomic E-state index is 11.9. The van der Waals surface area contributed by atoms with Crippen molar-refractivity contribution in [1.82, 2.24) is 5.32 Å². The second kappa shape index (κ2) is 8.39. The van der Waals surface area contributed by atoms with E-state index in [2.05, 4.69) is 22.8 Å². The number of benzene rings is 1. The number of hydrogen-bond donors (Lipinski definition) is 2. The smallest absolute Gasteiger partial charge is 0.319 e. The van der Waals surface area contributed by atoms with Gasteiger partial charge in [0.15, 0.2) is 0 Å². The highest BCUT2D eigenvalue weighted by molar-refractivity contribution is 7.15. The van der Waals surface area contributed by atoms with Gasteiger partial charge in [-0.05, 0) is 55.8 Å². The molecule has 6 heteroatoms. The summed E-state index contributed by atoms with van der Waals surface area (Å²) in [5.41, 5.74) is 1.82. The quantitative estimate of drug-likeness (QED) is 0.641. The van der Waals surface area contributed by atoms with Crippen molar-refractivity contribution in [2.24, 2.45) is 0 Å². The van der Waals surface area contributed by atoms with Crippen LogP contribution in [0.15, 0.2) is 59.4 Å². The van der Waals surface area contributed by atoms with Crippen LogP contribution in [-0.4, -0.2) is 19.2 Å². The molecular weight excluding hydrogens is 336 g/mol. The molecule has 0 spiro atoms. The molecule has 3 rings (SSSR count). The summed E-state index contributed by atoms with van der Waals surface area (Å²) in [7, 11) is 0. The van der Waals surface area contributed by atoms with Gasteiger partial charge in [0.1, 0.15) is 5.75 Å². The van der Waals surface area contributed by atoms with Gasteiger partial charge in [-0.3, -0.25) is 0 Å². The highest BCUT2D eigenvalue weighted by Crippen LogP contribution is 2.28. The Labute approximate surface area is 150 Å². The van der Waals surface area contributed by atoms with Crippen LogP contribution in [0.3, 0.4) is 0 Å². The Balaban J connectivity index is 1.43. The zero-order chi connectivity index (χ0) is 17.5. The van der Waals surface area contributed by atoms with Crippen LogP contribution in [0.4, 0.5) is 10.5 Å². The van der Waals surface area contributed by atoms with Gasteiger partial charge in [-0.2, -0.15) is 0 Å². The number of anilines is 1. The molecule has 2 amide bonds. The Morgan fingerprint density at radius 2 is 2.00 bits per heavy atom. The van der Waals surface area contributed by atoms with E-state index in [0.717, 1.165) is 23.4 Å². The maximum Gasteiger partial charge on any atom is 0.319 e. The fourth-order valence-electron chi connectivity index (χ4n) is 2.35. The van der Waals surface area contributed by atoms with Gasteiger partial charge in [0.25, 0.3) is 0 Å². The monoisotopic (exact) mass is 356 g/mol. The summed E-state index contributed by atoms with van der Waals surface area (Å²) in [4.78, 5) is 14.3. The minimum atomic E-state index is -0.212. The molecule has 0 atom stereocenters. The Morgan fingerprint density at radius 3 is 2.72 bits per heavy atom. The summed E-state index contributed by atoms with van der Waals surface area (Å²) in [6.45, 7) is 3.14. The van der Waals surface area contributed by atoms with E-state index in [4.69, 9.17) is 9.15 Å². The van der Waals surface area contributed by atoms with Crippen LogP contribution < -0.4 is 15.4 Å². The van der Waals surface area contributed by atoms with Crippen LogP contribution in [-0.2, 0) is 6.42 Å². The molecule has 0 fully saturated rings. The molecule has 25 heavy (non-hydrogen) atoms. The van der Waals surface area contributed by atoms with Crippen LogP contribution in [0.1, 0.15) is 11.8 Å². The van der Waals surface area contributed by atoms with Crippen molar-refractivity contribution in [3.8, 4) is 16.2 Å². The van der Waals surface area contributed by atoms with Crippen molar-refractivity contribution in [3.63, 3.8) is 0 Å². The van der Waals surface area contributed by atoms with Gasteiger partial charge in [-0.25, -0.2) is 4.79 Å². The van der Waals surface area contributed by atoms with E-state index in [1.54, 1.807) is 23.9 Å². The lowest BCUT2D eigenvalue weighted by Crippen LogP contribution is -2.30. The lowest BCUT2D eigenvalue weighted by Gasteiger charge is -2.08. The lowest BCUT2D eigenvalue weighted by atomic mass is 10.3. The normalized spacial score (nSPS) is 10.4. The molecule has 0 bridgehead atoms. The number of amides is 2. The van der Waals surface area contributed by atoms with Gasteiger partial charge in [-0.15, -0.1) is 11.3 Å². The van der Waals surface area contributed by atoms with E-state index in [1.165, 1.54) is 9.75 Å². The highest BCUT2D eigenvalue weighted by atomic mass is 32.1. The number of thiophene rings is 1. The van der Waals surface area contributed by atoms with Gasteiger partial charge in [0, 0.05) is 27.5 Å². The van der Waals surface area contributed by atoms with Crippen LogP contribution in [0.2, 0.25) is 0 Å². The Bertz CT molecular complexity index is 794. The highest BCUT2D eigenvalue weighted by Gasteiger charge is 2.05. The first kappa shape index (κ1) is 17.1. The molecule has 2 N–H and O–H groups in total. The van der Waals surface area contributed by atoms with Gasteiger partial charge in [0.2, 0.25) is 0 Å². The van der Waals surface area contributed by atoms with Crippen LogP contribution in [0.25, 0.3) is 10.4 Å². The largest absolute Gasteiger partial charge is 0.494 e. The Morgan fingerprint density at radius 1 is 1.16 bits per heavy atom. The van der Waals surface area contributed by atoms with Gasteiger partial charge in [0.05, 0.1) is 19.1 Å². The lowest BCUT2D eigenvalue weighted by molar-refractivity contribution is 0.252. The summed E-state index contributed by atoms with van der Waals surface area (Å²) in [5.74, 6) is 0.791. The predicted octanol–water partition coefficient (Wildman–Crippen LogP) is 4.77. The maximum atomic E-state index is 11.9. The topological polar surface area (TPSA) is 63.5 Å². The molecule has 1 aromatic carbocycles. The minimum absolute atomic E-state index is 0.212. The summed E-state index contributed by atoms with van der Waals surface area (Å²) in [6, 6.07) is 13.2. The second-order valence-electron chi connectivity index (χ2n) is 5.37. The van der Waals surface area contributed by atoms with E-state index in [9.17, 15) is 4.79 Å². The van der Waals surface area contributed by atoms with Crippen LogP contribution >= 0.6 is 11.3 Å². The molecule has 2 aromatic heterocycles. The molecule has 0 unspecified atom stereocenters. The first-order valence-corrected chi connectivity index (χ1v) is 8.95. The summed E-state index contributed by atoms with van der Waals surface area (Å²) >= 11 is 1.71. The number of rotatable bonds is 7. The molecule has 3 aromatic rings. The zero-order valence-corrected chi connectivity index (χ0v) is 14.8. The third-order valence-corrected chi connectivity index (χ3v) is 4.74. The molecule has 0 saturated carbocycles. The van der Waals surface area contributed by atoms with Crippen molar-refractivity contribution >= 4 is 23.1 Å². The Kier molecular flexibility index (Phi) is 5.74. The fraction of sp³-hybridized carbons (Fsp3) is 0.211. The third-order valence-electron chi connectivity index (χ3n) is 3.55. The van der Waals surface area contributed by atoms with Gasteiger partial charge in [-0.1, -0.05) is 0 Å². The number of furan rings is 1. The molecule has 0 saturated heterocycles. The molecule has 5 nitrogen and oxygen atoms in total. The first-order valence-electron chi connectivity index (χ1n) is 8.13. The summed E-state index contributed by atoms with van der Waals surface area (Å²) in [5, 5.41) is 5.68. The average molecular weight is 356 g/mol. The number of carbonyl (C=O) groups excluding carboxylic acids is 1. The third kappa shape index (κ3) is 4.87. The average Bonchev–Trinajstić information content (AvgIpc) is 3.28. The Hall–Kier alpha value is -2.73. The van der Waals surface area contributed by atoms with Crippen molar-refractivity contribution in [2.45, 2.75) is 13.3 Å². The minimum Gasteiger partial charge on any atom is -0.494 e. The van der Waals surface area contributed by atoms with E-state index < -0.39 is 0 Å². The molecule has 2 heterocycles. The van der Waals surface area contributed by atoms with Gasteiger partial charge < -0.3 is 19.8 Å². The second-order valence-corrected chi connectivity index (χ2v) is 6.53. The van der Waals surface area contributed by atoms with Crippen molar-refractivity contribution in [1.29, 1.82) is 0 Å². The number of hydrogen-bond acceptors (Lipinski definition) is 4. The van der Waals surface area contributed by atoms with Crippen LogP contribution in [0, 0.1) is 0 Å². The van der Waals surface area contributed by atoms with E-state index in [0.29, 0.717) is 13.2 Å². The number of ether oxygens (including phenoxy) is 1. The van der Waals surface area contributed by atoms with Crippen molar-refractivity contribution in [3.05, 3.63) is 59.9 Å². The first-order chi connectivity index (χ1) is 12.2. The fourth-order valence-corrected chi connectivity index (χ4v) is 3.34. The van der Waals surface area contributed by atoms with Crippen molar-refractivity contribution in [2.75, 3.05) is 18.5 Å². The van der Waals surface area contributed by atoms with E-state index in [-0.39, 0.29) is 6.03 Å². The predicted molar refractivity (Wildman–Crippen MR) is 100 cm³/mol. The van der Waals surface area contributed by atoms with Gasteiger partial charge >= 0.3 is 6.03 Å². The summed E-state index contributed by atoms with van der Waals surface area (Å²) in [6.07, 6.45) is 4.19. The zero-order valence-electron chi connectivity index (χ0n) is 14.0. The summed E-state index contributed by atoms with van der Waals surface area (Å²) < 4.78 is 10.5. The SMILES string of the molecule is CCOc1ccc(NC(=O)NCCc2ccc(-c3ccoc3)s2)cc1. The van der Waals surface area contributed by atoms with Crippen LogP contribution in [0.5, 0.6) is 5.75 Å². The number of nitrogens with one attached hydrogen (secondary N) is 2. The van der Waals surface area contributed by atoms with Crippen molar-refractivity contribution < 1.29 is 13.9 Å². The molecule has 0 aliphatic carbocycles. The molecule has 0 radical (unpaired) electrons. The van der Waals surface area contributed by atoms with E-state index >= 15 is 0 Å². The number of urea groups is 1. The number of carbonyl (C=O) groups is 1. The molecular formula is C19H20N2O3S. The van der Waals surface area contributed by atoms with E-state index in [1.807, 2.05) is 37.3 Å². The standard InChI is InChI=1S/C19H20N2O3S/c1-2-24-16-5-3-15(4-6-16)21-19(22)20-11-9-17-7-8-18(25-17)14-10-12-23-13-14/h3-8,10,12-13H,2,9,11H2,1H3,(H2,20,21,22). The molecule has 130 valence electrons. The molecule has 0 aliphatic heterocycles. The molecule has 0 aliphatic rings.